The van der Waals surface area contributed by atoms with Crippen molar-refractivity contribution in [2.45, 2.75) is 6.18 Å². The highest BCUT2D eigenvalue weighted by Gasteiger charge is 2.30. The van der Waals surface area contributed by atoms with Gasteiger partial charge in [-0.2, -0.15) is 18.4 Å². The van der Waals surface area contributed by atoms with E-state index in [-0.39, 0.29) is 34.0 Å². The first-order valence-corrected chi connectivity index (χ1v) is 8.62. The highest BCUT2D eigenvalue weighted by atomic mass is 19.4. The van der Waals surface area contributed by atoms with Crippen LogP contribution in [0.3, 0.4) is 0 Å². The minimum absolute atomic E-state index is 0.0677. The SMILES string of the molecule is N#CC(=Cc1ccc(-c2cccc(C(F)(F)F)c2)o1)C(=O)Nc1cccc([N+](=O)[O-])c1. The summed E-state index contributed by atoms with van der Waals surface area (Å²) in [5.74, 6) is -0.646. The molecule has 3 rings (SSSR count). The fraction of sp³-hybridized carbons (Fsp3) is 0.0476. The van der Waals surface area contributed by atoms with Gasteiger partial charge in [0.25, 0.3) is 11.6 Å². The predicted molar refractivity (Wildman–Crippen MR) is 104 cm³/mol. The number of nitrogens with one attached hydrogen (secondary N) is 1. The molecule has 1 heterocycles. The number of hydrogen-bond donors (Lipinski definition) is 1. The van der Waals surface area contributed by atoms with Gasteiger partial charge in [0.2, 0.25) is 0 Å². The summed E-state index contributed by atoms with van der Waals surface area (Å²) in [6, 6.07) is 14.2. The van der Waals surface area contributed by atoms with Crippen LogP contribution in [0.15, 0.2) is 70.7 Å². The number of benzene rings is 2. The van der Waals surface area contributed by atoms with Gasteiger partial charge in [-0.25, -0.2) is 0 Å². The summed E-state index contributed by atoms with van der Waals surface area (Å²) >= 11 is 0. The molecule has 0 spiro atoms. The van der Waals surface area contributed by atoms with Crippen LogP contribution in [-0.2, 0) is 11.0 Å². The monoisotopic (exact) mass is 427 g/mol. The van der Waals surface area contributed by atoms with Crippen molar-refractivity contribution in [1.29, 1.82) is 5.26 Å². The van der Waals surface area contributed by atoms with E-state index in [4.69, 9.17) is 4.42 Å². The first-order valence-electron chi connectivity index (χ1n) is 8.62. The lowest BCUT2D eigenvalue weighted by molar-refractivity contribution is -0.384. The molecule has 0 atom stereocenters. The second-order valence-electron chi connectivity index (χ2n) is 6.21. The van der Waals surface area contributed by atoms with Crippen LogP contribution in [0.1, 0.15) is 11.3 Å². The first kappa shape index (κ1) is 21.3. The van der Waals surface area contributed by atoms with Gasteiger partial charge < -0.3 is 9.73 Å². The molecule has 0 bridgehead atoms. The zero-order valence-corrected chi connectivity index (χ0v) is 15.5. The minimum Gasteiger partial charge on any atom is -0.457 e. The number of hydrogen-bond acceptors (Lipinski definition) is 5. The summed E-state index contributed by atoms with van der Waals surface area (Å²) in [5, 5.41) is 22.5. The van der Waals surface area contributed by atoms with Crippen molar-refractivity contribution in [3.05, 3.63) is 87.7 Å². The molecular weight excluding hydrogens is 415 g/mol. The Morgan fingerprint density at radius 3 is 2.55 bits per heavy atom. The summed E-state index contributed by atoms with van der Waals surface area (Å²) in [4.78, 5) is 22.5. The van der Waals surface area contributed by atoms with Crippen molar-refractivity contribution < 1.29 is 27.3 Å². The zero-order chi connectivity index (χ0) is 22.6. The maximum atomic E-state index is 12.9. The number of nitriles is 1. The maximum absolute atomic E-state index is 12.9. The number of nitro groups is 1. The Hall–Kier alpha value is -4.39. The average molecular weight is 427 g/mol. The molecule has 0 aliphatic heterocycles. The van der Waals surface area contributed by atoms with Crippen LogP contribution < -0.4 is 5.32 Å². The number of amides is 1. The molecule has 156 valence electrons. The molecule has 1 N–H and O–H groups in total. The Kier molecular flexibility index (Phi) is 5.88. The van der Waals surface area contributed by atoms with Crippen LogP contribution in [0.4, 0.5) is 24.5 Å². The Morgan fingerprint density at radius 2 is 1.87 bits per heavy atom. The van der Waals surface area contributed by atoms with E-state index in [9.17, 15) is 33.3 Å². The largest absolute Gasteiger partial charge is 0.457 e. The molecule has 0 radical (unpaired) electrons. The fourth-order valence-corrected chi connectivity index (χ4v) is 2.62. The van der Waals surface area contributed by atoms with Crippen LogP contribution in [-0.4, -0.2) is 10.8 Å². The van der Waals surface area contributed by atoms with Crippen molar-refractivity contribution >= 4 is 23.4 Å². The van der Waals surface area contributed by atoms with E-state index in [2.05, 4.69) is 5.32 Å². The van der Waals surface area contributed by atoms with E-state index in [1.165, 1.54) is 42.5 Å². The highest BCUT2D eigenvalue weighted by Crippen LogP contribution is 2.33. The summed E-state index contributed by atoms with van der Waals surface area (Å²) < 4.78 is 44.1. The van der Waals surface area contributed by atoms with Crippen LogP contribution >= 0.6 is 0 Å². The molecule has 0 aliphatic rings. The van der Waals surface area contributed by atoms with Gasteiger partial charge in [0, 0.05) is 29.5 Å². The quantitative estimate of drug-likeness (QED) is 0.253. The van der Waals surface area contributed by atoms with Crippen LogP contribution in [0.2, 0.25) is 0 Å². The Labute approximate surface area is 173 Å². The molecule has 0 saturated heterocycles. The Morgan fingerprint density at radius 1 is 1.13 bits per heavy atom. The first-order chi connectivity index (χ1) is 14.7. The third kappa shape index (κ3) is 5.16. The van der Waals surface area contributed by atoms with E-state index in [1.54, 1.807) is 6.07 Å². The van der Waals surface area contributed by atoms with E-state index in [0.717, 1.165) is 24.3 Å². The normalized spacial score (nSPS) is 11.6. The van der Waals surface area contributed by atoms with Gasteiger partial charge in [0.15, 0.2) is 0 Å². The Bertz CT molecular complexity index is 1220. The van der Waals surface area contributed by atoms with Crippen LogP contribution in [0.25, 0.3) is 17.4 Å². The third-order valence-electron chi connectivity index (χ3n) is 4.07. The molecular formula is C21H12F3N3O4. The number of non-ortho nitro benzene ring substituents is 1. The molecule has 7 nitrogen and oxygen atoms in total. The highest BCUT2D eigenvalue weighted by molar-refractivity contribution is 6.09. The number of carbonyl (C=O) groups excluding carboxylic acids is 1. The molecule has 0 aliphatic carbocycles. The lowest BCUT2D eigenvalue weighted by Gasteiger charge is -2.07. The van der Waals surface area contributed by atoms with E-state index in [1.807, 2.05) is 0 Å². The van der Waals surface area contributed by atoms with Gasteiger partial charge >= 0.3 is 6.18 Å². The van der Waals surface area contributed by atoms with Gasteiger partial charge in [-0.1, -0.05) is 18.2 Å². The molecule has 1 aromatic heterocycles. The van der Waals surface area contributed by atoms with E-state index in [0.29, 0.717) is 0 Å². The number of nitrogens with zero attached hydrogens (tertiary/aromatic N) is 2. The molecule has 0 fully saturated rings. The smallest absolute Gasteiger partial charge is 0.416 e. The lowest BCUT2D eigenvalue weighted by atomic mass is 10.1. The number of nitro benzene ring substituents is 1. The topological polar surface area (TPSA) is 109 Å². The number of anilines is 1. The number of carbonyl (C=O) groups is 1. The summed E-state index contributed by atoms with van der Waals surface area (Å²) in [6.45, 7) is 0. The van der Waals surface area contributed by atoms with Crippen molar-refractivity contribution in [1.82, 2.24) is 0 Å². The van der Waals surface area contributed by atoms with Gasteiger partial charge in [-0.3, -0.25) is 14.9 Å². The van der Waals surface area contributed by atoms with Crippen molar-refractivity contribution in [3.8, 4) is 17.4 Å². The van der Waals surface area contributed by atoms with E-state index < -0.39 is 22.6 Å². The van der Waals surface area contributed by atoms with Crippen molar-refractivity contribution in [3.63, 3.8) is 0 Å². The molecule has 31 heavy (non-hydrogen) atoms. The molecule has 10 heteroatoms. The summed E-state index contributed by atoms with van der Waals surface area (Å²) in [6.07, 6.45) is -3.40. The molecule has 3 aromatic rings. The van der Waals surface area contributed by atoms with E-state index >= 15 is 0 Å². The van der Waals surface area contributed by atoms with Gasteiger partial charge in [0.05, 0.1) is 10.5 Å². The van der Waals surface area contributed by atoms with Gasteiger partial charge in [-0.05, 0) is 30.3 Å². The average Bonchev–Trinajstić information content (AvgIpc) is 3.20. The van der Waals surface area contributed by atoms with Gasteiger partial charge in [-0.15, -0.1) is 0 Å². The second kappa shape index (κ2) is 8.54. The van der Waals surface area contributed by atoms with Crippen LogP contribution in [0.5, 0.6) is 0 Å². The van der Waals surface area contributed by atoms with Crippen LogP contribution in [0, 0.1) is 21.4 Å². The number of rotatable bonds is 5. The lowest BCUT2D eigenvalue weighted by Crippen LogP contribution is -2.13. The number of furan rings is 1. The second-order valence-corrected chi connectivity index (χ2v) is 6.21. The van der Waals surface area contributed by atoms with Gasteiger partial charge in [0.1, 0.15) is 23.2 Å². The van der Waals surface area contributed by atoms with Crippen molar-refractivity contribution in [2.75, 3.05) is 5.32 Å². The number of alkyl halides is 3. The number of halogens is 3. The molecule has 0 unspecified atom stereocenters. The maximum Gasteiger partial charge on any atom is 0.416 e. The minimum atomic E-state index is -4.51. The summed E-state index contributed by atoms with van der Waals surface area (Å²) in [5.41, 5.74) is -1.15. The molecule has 2 aromatic carbocycles. The molecule has 1 amide bonds. The Balaban J connectivity index is 1.82. The van der Waals surface area contributed by atoms with Crippen molar-refractivity contribution in [2.24, 2.45) is 0 Å². The third-order valence-corrected chi connectivity index (χ3v) is 4.07. The zero-order valence-electron chi connectivity index (χ0n) is 15.5. The molecule has 0 saturated carbocycles. The predicted octanol–water partition coefficient (Wildman–Crippen LogP) is 5.42. The standard InChI is InChI=1S/C21H12F3N3O4/c22-21(23,24)15-4-1-3-13(9-15)19-8-7-18(31-19)10-14(12-25)20(28)26-16-5-2-6-17(11-16)27(29)30/h1-11H,(H,26,28). The fourth-order valence-electron chi connectivity index (χ4n) is 2.62. The summed E-state index contributed by atoms with van der Waals surface area (Å²) in [7, 11) is 0.